The van der Waals surface area contributed by atoms with Crippen LogP contribution in [0.5, 0.6) is 0 Å². The summed E-state index contributed by atoms with van der Waals surface area (Å²) < 4.78 is 24.9. The molecule has 3 fully saturated rings. The van der Waals surface area contributed by atoms with Crippen LogP contribution in [0.2, 0.25) is 0 Å². The Kier molecular flexibility index (Phi) is 7.99. The lowest BCUT2D eigenvalue weighted by Gasteiger charge is -2.30. The molecule has 29 heavy (non-hydrogen) atoms. The van der Waals surface area contributed by atoms with E-state index in [4.69, 9.17) is 0 Å². The number of rotatable bonds is 9. The molecule has 0 radical (unpaired) electrons. The maximum atomic E-state index is 12.5. The highest BCUT2D eigenvalue weighted by atomic mass is 32.2. The fraction of sp³-hybridized carbons (Fsp3) is 0.909. The molecule has 0 aromatic carbocycles. The predicted molar refractivity (Wildman–Crippen MR) is 114 cm³/mol. The normalized spacial score (nSPS) is 30.5. The number of carbonyl (C=O) groups excluding carboxylic acids is 2. The van der Waals surface area contributed by atoms with Crippen molar-refractivity contribution in [1.29, 1.82) is 0 Å². The number of nitrogens with one attached hydrogen (secondary N) is 2. The van der Waals surface area contributed by atoms with E-state index < -0.39 is 9.84 Å². The maximum Gasteiger partial charge on any atom is 0.223 e. The molecule has 7 heteroatoms. The molecule has 2 N–H and O–H groups in total. The molecule has 3 rings (SSSR count). The van der Waals surface area contributed by atoms with Crippen molar-refractivity contribution in [3.63, 3.8) is 0 Å². The Morgan fingerprint density at radius 1 is 0.862 bits per heavy atom. The number of amides is 2. The van der Waals surface area contributed by atoms with Gasteiger partial charge in [-0.15, -0.1) is 0 Å². The van der Waals surface area contributed by atoms with Crippen LogP contribution in [0.25, 0.3) is 0 Å². The molecule has 3 aliphatic rings. The Hall–Kier alpha value is -1.11. The Bertz CT molecular complexity index is 658. The van der Waals surface area contributed by atoms with Crippen LogP contribution in [0.15, 0.2) is 0 Å². The largest absolute Gasteiger partial charge is 0.356 e. The fourth-order valence-electron chi connectivity index (χ4n) is 4.89. The Morgan fingerprint density at radius 2 is 1.48 bits per heavy atom. The molecule has 166 valence electrons. The first-order valence-electron chi connectivity index (χ1n) is 11.7. The molecule has 6 nitrogen and oxygen atoms in total. The van der Waals surface area contributed by atoms with Gasteiger partial charge in [0.15, 0.2) is 9.84 Å². The smallest absolute Gasteiger partial charge is 0.223 e. The van der Waals surface area contributed by atoms with Gasteiger partial charge < -0.3 is 10.6 Å². The zero-order chi connectivity index (χ0) is 20.9. The van der Waals surface area contributed by atoms with E-state index in [1.54, 1.807) is 0 Å². The first-order valence-corrected chi connectivity index (χ1v) is 13.4. The van der Waals surface area contributed by atoms with Crippen LogP contribution in [-0.2, 0) is 19.4 Å². The predicted octanol–water partition coefficient (Wildman–Crippen LogP) is 2.96. The third-order valence-corrected chi connectivity index (χ3v) is 9.38. The number of hydrogen-bond donors (Lipinski definition) is 2. The van der Waals surface area contributed by atoms with Crippen LogP contribution >= 0.6 is 0 Å². The first-order chi connectivity index (χ1) is 13.9. The van der Waals surface area contributed by atoms with E-state index in [1.807, 2.05) is 6.92 Å². The SMILES string of the molecule is CCCNC(=O)C1CCC(NC(=O)CC2CCC(S(=O)(=O)CC3CC3)CC2)CC1. The molecular weight excluding hydrogens is 388 g/mol. The molecule has 0 bridgehead atoms. The minimum atomic E-state index is -2.95. The van der Waals surface area contributed by atoms with Crippen molar-refractivity contribution in [2.24, 2.45) is 17.8 Å². The molecule has 0 unspecified atom stereocenters. The highest BCUT2D eigenvalue weighted by molar-refractivity contribution is 7.92. The van der Waals surface area contributed by atoms with Crippen LogP contribution in [0.4, 0.5) is 0 Å². The Balaban J connectivity index is 1.33. The molecule has 0 spiro atoms. The lowest BCUT2D eigenvalue weighted by Crippen LogP contribution is -2.41. The van der Waals surface area contributed by atoms with Gasteiger partial charge in [-0.1, -0.05) is 6.92 Å². The highest BCUT2D eigenvalue weighted by Crippen LogP contribution is 2.36. The third-order valence-electron chi connectivity index (χ3n) is 6.95. The molecule has 0 heterocycles. The van der Waals surface area contributed by atoms with Crippen molar-refractivity contribution in [1.82, 2.24) is 10.6 Å². The lowest BCUT2D eigenvalue weighted by molar-refractivity contribution is -0.126. The molecule has 3 aliphatic carbocycles. The molecule has 3 saturated carbocycles. The van der Waals surface area contributed by atoms with Crippen LogP contribution < -0.4 is 10.6 Å². The molecule has 0 aliphatic heterocycles. The van der Waals surface area contributed by atoms with E-state index in [9.17, 15) is 18.0 Å². The molecule has 0 saturated heterocycles. The van der Waals surface area contributed by atoms with E-state index >= 15 is 0 Å². The Morgan fingerprint density at radius 3 is 2.07 bits per heavy atom. The van der Waals surface area contributed by atoms with E-state index in [-0.39, 0.29) is 29.0 Å². The first kappa shape index (κ1) is 22.6. The number of carbonyl (C=O) groups is 2. The van der Waals surface area contributed by atoms with Crippen molar-refractivity contribution in [3.05, 3.63) is 0 Å². The summed E-state index contributed by atoms with van der Waals surface area (Å²) in [7, 11) is -2.95. The monoisotopic (exact) mass is 426 g/mol. The van der Waals surface area contributed by atoms with Crippen molar-refractivity contribution in [3.8, 4) is 0 Å². The standard InChI is InChI=1S/C22H38N2O4S/c1-2-13-23-22(26)18-7-9-19(10-8-18)24-21(25)14-16-5-11-20(12-6-16)29(27,28)15-17-3-4-17/h16-20H,2-15H2,1H3,(H,23,26)(H,24,25). The van der Waals surface area contributed by atoms with Gasteiger partial charge in [-0.25, -0.2) is 8.42 Å². The van der Waals surface area contributed by atoms with E-state index in [2.05, 4.69) is 10.6 Å². The minimum absolute atomic E-state index is 0.0857. The van der Waals surface area contributed by atoms with Gasteiger partial charge in [-0.3, -0.25) is 9.59 Å². The molecule has 0 atom stereocenters. The van der Waals surface area contributed by atoms with Gasteiger partial charge in [-0.05, 0) is 82.5 Å². The van der Waals surface area contributed by atoms with Gasteiger partial charge in [0.2, 0.25) is 11.8 Å². The summed E-state index contributed by atoms with van der Waals surface area (Å²) in [5.74, 6) is 1.43. The summed E-state index contributed by atoms with van der Waals surface area (Å²) in [5.41, 5.74) is 0. The topological polar surface area (TPSA) is 92.3 Å². The van der Waals surface area contributed by atoms with Crippen LogP contribution in [-0.4, -0.2) is 43.8 Å². The number of hydrogen-bond acceptors (Lipinski definition) is 4. The van der Waals surface area contributed by atoms with E-state index in [1.165, 1.54) is 0 Å². The third kappa shape index (κ3) is 6.97. The zero-order valence-electron chi connectivity index (χ0n) is 17.8. The summed E-state index contributed by atoms with van der Waals surface area (Å²) in [5, 5.41) is 5.94. The van der Waals surface area contributed by atoms with Crippen molar-refractivity contribution >= 4 is 21.7 Å². The van der Waals surface area contributed by atoms with Gasteiger partial charge in [0.25, 0.3) is 0 Å². The van der Waals surface area contributed by atoms with Gasteiger partial charge in [0.1, 0.15) is 0 Å². The number of sulfone groups is 1. The maximum absolute atomic E-state index is 12.5. The van der Waals surface area contributed by atoms with Crippen LogP contribution in [0.1, 0.15) is 84.0 Å². The lowest BCUT2D eigenvalue weighted by atomic mass is 9.84. The zero-order valence-corrected chi connectivity index (χ0v) is 18.6. The van der Waals surface area contributed by atoms with E-state index in [0.29, 0.717) is 36.9 Å². The van der Waals surface area contributed by atoms with Gasteiger partial charge in [0, 0.05) is 24.9 Å². The summed E-state index contributed by atoms with van der Waals surface area (Å²) in [6.07, 6.45) is 10.1. The fourth-order valence-corrected chi connectivity index (χ4v) is 7.14. The van der Waals surface area contributed by atoms with Gasteiger partial charge in [0.05, 0.1) is 11.0 Å². The molecular formula is C22H38N2O4S. The summed E-state index contributed by atoms with van der Waals surface area (Å²) in [6, 6.07) is 0.174. The van der Waals surface area contributed by atoms with E-state index in [0.717, 1.165) is 64.3 Å². The average Bonchev–Trinajstić information content (AvgIpc) is 3.50. The summed E-state index contributed by atoms with van der Waals surface area (Å²) >= 11 is 0. The molecule has 2 amide bonds. The second-order valence-electron chi connectivity index (χ2n) is 9.53. The van der Waals surface area contributed by atoms with Crippen molar-refractivity contribution < 1.29 is 18.0 Å². The van der Waals surface area contributed by atoms with Crippen LogP contribution in [0, 0.1) is 17.8 Å². The van der Waals surface area contributed by atoms with Crippen molar-refractivity contribution in [2.75, 3.05) is 12.3 Å². The van der Waals surface area contributed by atoms with Crippen molar-refractivity contribution in [2.45, 2.75) is 95.3 Å². The van der Waals surface area contributed by atoms with Gasteiger partial charge in [-0.2, -0.15) is 0 Å². The minimum Gasteiger partial charge on any atom is -0.356 e. The quantitative estimate of drug-likeness (QED) is 0.593. The Labute approximate surface area is 175 Å². The van der Waals surface area contributed by atoms with Gasteiger partial charge >= 0.3 is 0 Å². The molecule has 0 aromatic rings. The molecule has 0 aromatic heterocycles. The van der Waals surface area contributed by atoms with Crippen LogP contribution in [0.3, 0.4) is 0 Å². The average molecular weight is 427 g/mol. The highest BCUT2D eigenvalue weighted by Gasteiger charge is 2.36. The second kappa shape index (κ2) is 10.3. The summed E-state index contributed by atoms with van der Waals surface area (Å²) in [6.45, 7) is 2.78. The summed E-state index contributed by atoms with van der Waals surface area (Å²) in [4.78, 5) is 24.5. The second-order valence-corrected chi connectivity index (χ2v) is 11.9.